The van der Waals surface area contributed by atoms with Gasteiger partial charge in [0.25, 0.3) is 0 Å². The maximum atomic E-state index is 13.8. The van der Waals surface area contributed by atoms with Crippen molar-refractivity contribution in [3.8, 4) is 0 Å². The third-order valence-electron chi connectivity index (χ3n) is 5.42. The number of thioether (sulfide) groups is 1. The molecular formula is C24H29FN2O3S. The van der Waals surface area contributed by atoms with Crippen LogP contribution in [0.4, 0.5) is 10.1 Å². The van der Waals surface area contributed by atoms with Crippen LogP contribution in [0.5, 0.6) is 0 Å². The summed E-state index contributed by atoms with van der Waals surface area (Å²) in [6.07, 6.45) is 2.02. The Labute approximate surface area is 187 Å². The molecule has 1 unspecified atom stereocenters. The molecule has 0 aromatic heterocycles. The van der Waals surface area contributed by atoms with E-state index in [0.29, 0.717) is 23.8 Å². The number of benzene rings is 2. The van der Waals surface area contributed by atoms with Gasteiger partial charge in [-0.3, -0.25) is 9.59 Å². The summed E-state index contributed by atoms with van der Waals surface area (Å²) < 4.78 is 19.5. The average Bonchev–Trinajstić information content (AvgIpc) is 3.25. The Bertz CT molecular complexity index is 915. The molecule has 0 spiro atoms. The van der Waals surface area contributed by atoms with Crippen molar-refractivity contribution < 1.29 is 18.7 Å². The summed E-state index contributed by atoms with van der Waals surface area (Å²) in [7, 11) is 0. The van der Waals surface area contributed by atoms with Gasteiger partial charge < -0.3 is 15.0 Å². The molecule has 1 saturated heterocycles. The molecule has 31 heavy (non-hydrogen) atoms. The van der Waals surface area contributed by atoms with Crippen molar-refractivity contribution in [2.24, 2.45) is 0 Å². The molecule has 1 atom stereocenters. The minimum Gasteiger partial charge on any atom is -0.376 e. The highest BCUT2D eigenvalue weighted by Gasteiger charge is 2.24. The topological polar surface area (TPSA) is 58.6 Å². The SMILES string of the molecule is Cc1cccc(NC(=O)CN(CC2CCCO2)C(=O)CCSc2ccccc2F)c1C. The first-order chi connectivity index (χ1) is 14.9. The third-order valence-corrected chi connectivity index (χ3v) is 6.47. The van der Waals surface area contributed by atoms with Crippen LogP contribution in [0.2, 0.25) is 0 Å². The van der Waals surface area contributed by atoms with E-state index in [1.54, 1.807) is 23.1 Å². The predicted octanol–water partition coefficient (Wildman–Crippen LogP) is 4.57. The molecule has 166 valence electrons. The van der Waals surface area contributed by atoms with Crippen molar-refractivity contribution >= 4 is 29.3 Å². The Morgan fingerprint density at radius 3 is 2.74 bits per heavy atom. The zero-order chi connectivity index (χ0) is 22.2. The van der Waals surface area contributed by atoms with Gasteiger partial charge in [-0.1, -0.05) is 24.3 Å². The maximum Gasteiger partial charge on any atom is 0.244 e. The van der Waals surface area contributed by atoms with Crippen LogP contribution >= 0.6 is 11.8 Å². The highest BCUT2D eigenvalue weighted by molar-refractivity contribution is 7.99. The molecule has 2 amide bonds. The Balaban J connectivity index is 1.59. The van der Waals surface area contributed by atoms with E-state index in [2.05, 4.69) is 5.32 Å². The van der Waals surface area contributed by atoms with E-state index in [4.69, 9.17) is 4.74 Å². The van der Waals surface area contributed by atoms with Crippen LogP contribution < -0.4 is 5.32 Å². The first kappa shape index (κ1) is 23.3. The molecule has 2 aromatic rings. The number of amides is 2. The standard InChI is InChI=1S/C24H29FN2O3S/c1-17-7-5-10-21(18(17)2)26-23(28)16-27(15-19-8-6-13-30-19)24(29)12-14-31-22-11-4-3-9-20(22)25/h3-5,7,9-11,19H,6,8,12-16H2,1-2H3,(H,26,28). The van der Waals surface area contributed by atoms with Crippen LogP contribution in [0.3, 0.4) is 0 Å². The van der Waals surface area contributed by atoms with Crippen molar-refractivity contribution in [3.05, 3.63) is 59.4 Å². The van der Waals surface area contributed by atoms with Gasteiger partial charge in [-0.2, -0.15) is 0 Å². The van der Waals surface area contributed by atoms with Gasteiger partial charge in [0.1, 0.15) is 5.82 Å². The van der Waals surface area contributed by atoms with E-state index in [1.807, 2.05) is 32.0 Å². The molecule has 3 rings (SSSR count). The number of carbonyl (C=O) groups excluding carboxylic acids is 2. The van der Waals surface area contributed by atoms with E-state index in [0.717, 1.165) is 29.7 Å². The van der Waals surface area contributed by atoms with Crippen LogP contribution in [-0.2, 0) is 14.3 Å². The zero-order valence-electron chi connectivity index (χ0n) is 18.0. The fourth-order valence-corrected chi connectivity index (χ4v) is 4.38. The number of nitrogens with zero attached hydrogens (tertiary/aromatic N) is 1. The maximum absolute atomic E-state index is 13.8. The molecule has 7 heteroatoms. The Kier molecular flexibility index (Phi) is 8.49. The number of halogens is 1. The van der Waals surface area contributed by atoms with Crippen LogP contribution in [-0.4, -0.2) is 48.3 Å². The number of anilines is 1. The molecule has 2 aromatic carbocycles. The van der Waals surface area contributed by atoms with Gasteiger partial charge >= 0.3 is 0 Å². The van der Waals surface area contributed by atoms with Gasteiger partial charge in [0, 0.05) is 35.9 Å². The Morgan fingerprint density at radius 1 is 1.19 bits per heavy atom. The van der Waals surface area contributed by atoms with E-state index >= 15 is 0 Å². The van der Waals surface area contributed by atoms with Gasteiger partial charge in [-0.25, -0.2) is 4.39 Å². The predicted molar refractivity (Wildman–Crippen MR) is 122 cm³/mol. The minimum absolute atomic E-state index is 0.0313. The Morgan fingerprint density at radius 2 is 2.00 bits per heavy atom. The van der Waals surface area contributed by atoms with Crippen LogP contribution in [0, 0.1) is 19.7 Å². The molecule has 0 bridgehead atoms. The largest absolute Gasteiger partial charge is 0.376 e. The first-order valence-corrected chi connectivity index (χ1v) is 11.6. The second-order valence-corrected chi connectivity index (χ2v) is 8.87. The molecular weight excluding hydrogens is 415 g/mol. The molecule has 1 fully saturated rings. The van der Waals surface area contributed by atoms with Crippen molar-refractivity contribution in [1.82, 2.24) is 4.90 Å². The van der Waals surface area contributed by atoms with Gasteiger partial charge in [0.2, 0.25) is 11.8 Å². The molecule has 1 heterocycles. The van der Waals surface area contributed by atoms with Gasteiger partial charge in [0.05, 0.1) is 12.6 Å². The zero-order valence-corrected chi connectivity index (χ0v) is 18.8. The lowest BCUT2D eigenvalue weighted by Gasteiger charge is -2.25. The highest BCUT2D eigenvalue weighted by Crippen LogP contribution is 2.23. The normalized spacial score (nSPS) is 15.6. The van der Waals surface area contributed by atoms with Crippen molar-refractivity contribution in [1.29, 1.82) is 0 Å². The van der Waals surface area contributed by atoms with E-state index in [-0.39, 0.29) is 36.7 Å². The molecule has 0 aliphatic carbocycles. The molecule has 5 nitrogen and oxygen atoms in total. The van der Waals surface area contributed by atoms with E-state index in [9.17, 15) is 14.0 Å². The number of aryl methyl sites for hydroxylation is 1. The summed E-state index contributed by atoms with van der Waals surface area (Å²) in [6.45, 7) is 5.00. The lowest BCUT2D eigenvalue weighted by molar-refractivity contribution is -0.135. The van der Waals surface area contributed by atoms with Crippen LogP contribution in [0.1, 0.15) is 30.4 Å². The Hall–Kier alpha value is -2.38. The van der Waals surface area contributed by atoms with Gasteiger partial charge in [0.15, 0.2) is 0 Å². The van der Waals surface area contributed by atoms with E-state index < -0.39 is 0 Å². The fraction of sp³-hybridized carbons (Fsp3) is 0.417. The monoisotopic (exact) mass is 444 g/mol. The molecule has 0 saturated carbocycles. The fourth-order valence-electron chi connectivity index (χ4n) is 3.51. The number of hydrogen-bond acceptors (Lipinski definition) is 4. The number of hydrogen-bond donors (Lipinski definition) is 1. The van der Waals surface area contributed by atoms with Gasteiger partial charge in [-0.05, 0) is 56.0 Å². The summed E-state index contributed by atoms with van der Waals surface area (Å²) in [5.74, 6) is -0.207. The molecule has 1 aliphatic rings. The first-order valence-electron chi connectivity index (χ1n) is 10.6. The van der Waals surface area contributed by atoms with Crippen LogP contribution in [0.25, 0.3) is 0 Å². The smallest absolute Gasteiger partial charge is 0.244 e. The summed E-state index contributed by atoms with van der Waals surface area (Å²) in [5.41, 5.74) is 2.86. The second-order valence-electron chi connectivity index (χ2n) is 7.73. The number of nitrogens with one attached hydrogen (secondary N) is 1. The highest BCUT2D eigenvalue weighted by atomic mass is 32.2. The molecule has 1 aliphatic heterocycles. The van der Waals surface area contributed by atoms with Crippen molar-refractivity contribution in [2.45, 2.75) is 44.1 Å². The van der Waals surface area contributed by atoms with Crippen molar-refractivity contribution in [2.75, 3.05) is 30.8 Å². The van der Waals surface area contributed by atoms with Crippen LogP contribution in [0.15, 0.2) is 47.4 Å². The second kappa shape index (κ2) is 11.3. The summed E-state index contributed by atoms with van der Waals surface area (Å²) >= 11 is 1.31. The third kappa shape index (κ3) is 6.80. The van der Waals surface area contributed by atoms with Gasteiger partial charge in [-0.15, -0.1) is 11.8 Å². The number of rotatable bonds is 9. The lowest BCUT2D eigenvalue weighted by atomic mass is 10.1. The summed E-state index contributed by atoms with van der Waals surface area (Å²) in [6, 6.07) is 12.3. The molecule has 0 radical (unpaired) electrons. The van der Waals surface area contributed by atoms with Crippen molar-refractivity contribution in [3.63, 3.8) is 0 Å². The summed E-state index contributed by atoms with van der Waals surface area (Å²) in [5, 5.41) is 2.92. The van der Waals surface area contributed by atoms with E-state index in [1.165, 1.54) is 17.8 Å². The molecule has 1 N–H and O–H groups in total. The lowest BCUT2D eigenvalue weighted by Crippen LogP contribution is -2.42. The minimum atomic E-state index is -0.288. The number of carbonyl (C=O) groups is 2. The number of ether oxygens (including phenoxy) is 1. The summed E-state index contributed by atoms with van der Waals surface area (Å²) in [4.78, 5) is 27.7. The quantitative estimate of drug-likeness (QED) is 0.576. The average molecular weight is 445 g/mol.